The predicted octanol–water partition coefficient (Wildman–Crippen LogP) is 0.426. The van der Waals surface area contributed by atoms with Gasteiger partial charge < -0.3 is 5.32 Å². The Kier molecular flexibility index (Phi) is 6.41. The van der Waals surface area contributed by atoms with Crippen molar-refractivity contribution in [3.05, 3.63) is 12.2 Å². The van der Waals surface area contributed by atoms with Crippen LogP contribution >= 0.6 is 0 Å². The maximum absolute atomic E-state index is 11.8. The molecule has 0 spiro atoms. The van der Waals surface area contributed by atoms with E-state index in [2.05, 4.69) is 5.32 Å². The highest BCUT2D eigenvalue weighted by Gasteiger charge is 2.26. The summed E-state index contributed by atoms with van der Waals surface area (Å²) in [5.41, 5.74) is 0. The van der Waals surface area contributed by atoms with E-state index in [1.165, 1.54) is 7.05 Å². The molecule has 0 bridgehead atoms. The zero-order valence-corrected chi connectivity index (χ0v) is 10.4. The summed E-state index contributed by atoms with van der Waals surface area (Å²) in [5, 5.41) is 3.67. The molecule has 3 N–H and O–H groups in total. The van der Waals surface area contributed by atoms with Crippen LogP contribution in [0.1, 0.15) is 27.2 Å². The number of amides is 2. The third-order valence-electron chi connectivity index (χ3n) is 2.27. The van der Waals surface area contributed by atoms with E-state index in [1.807, 2.05) is 26.0 Å². The van der Waals surface area contributed by atoms with Crippen LogP contribution in [-0.4, -0.2) is 29.9 Å². The standard InChI is InChI=1S/C11H21N3O2/c1-5-7-8(3)10(11(16)14(4)12)13-9(15)6-2/h5,7-8,10H,6,12H2,1-4H3,(H,13,15)/b7-5-. The summed E-state index contributed by atoms with van der Waals surface area (Å²) in [7, 11) is 1.47. The van der Waals surface area contributed by atoms with Gasteiger partial charge in [0.05, 0.1) is 0 Å². The van der Waals surface area contributed by atoms with Crippen LogP contribution in [0.2, 0.25) is 0 Å². The fourth-order valence-corrected chi connectivity index (χ4v) is 1.33. The molecule has 0 aromatic heterocycles. The minimum atomic E-state index is -0.598. The monoisotopic (exact) mass is 227 g/mol. The Balaban J connectivity index is 4.75. The van der Waals surface area contributed by atoms with E-state index in [1.54, 1.807) is 6.92 Å². The lowest BCUT2D eigenvalue weighted by molar-refractivity contribution is -0.136. The maximum Gasteiger partial charge on any atom is 0.259 e. The molecule has 0 aromatic rings. The van der Waals surface area contributed by atoms with Gasteiger partial charge in [-0.3, -0.25) is 14.6 Å². The van der Waals surface area contributed by atoms with Gasteiger partial charge in [-0.25, -0.2) is 5.84 Å². The fraction of sp³-hybridized carbons (Fsp3) is 0.636. The molecule has 2 atom stereocenters. The van der Waals surface area contributed by atoms with Crippen LogP contribution in [0.4, 0.5) is 0 Å². The molecule has 16 heavy (non-hydrogen) atoms. The largest absolute Gasteiger partial charge is 0.344 e. The lowest BCUT2D eigenvalue weighted by Gasteiger charge is -2.24. The number of hydrogen-bond donors (Lipinski definition) is 2. The van der Waals surface area contributed by atoms with Gasteiger partial charge in [0.1, 0.15) is 6.04 Å². The average Bonchev–Trinajstić information content (AvgIpc) is 2.24. The Morgan fingerprint density at radius 2 is 2.06 bits per heavy atom. The van der Waals surface area contributed by atoms with E-state index < -0.39 is 6.04 Å². The van der Waals surface area contributed by atoms with Crippen molar-refractivity contribution in [3.8, 4) is 0 Å². The van der Waals surface area contributed by atoms with Gasteiger partial charge >= 0.3 is 0 Å². The predicted molar refractivity (Wildman–Crippen MR) is 63.2 cm³/mol. The summed E-state index contributed by atoms with van der Waals surface area (Å²) < 4.78 is 0. The Labute approximate surface area is 96.6 Å². The highest BCUT2D eigenvalue weighted by atomic mass is 16.2. The second kappa shape index (κ2) is 7.00. The summed E-state index contributed by atoms with van der Waals surface area (Å²) in [5.74, 6) is 4.86. The third kappa shape index (κ3) is 4.44. The second-order valence-corrected chi connectivity index (χ2v) is 3.73. The molecule has 0 saturated heterocycles. The summed E-state index contributed by atoms with van der Waals surface area (Å²) in [4.78, 5) is 23.1. The first-order valence-corrected chi connectivity index (χ1v) is 5.38. The van der Waals surface area contributed by atoms with Crippen molar-refractivity contribution in [2.75, 3.05) is 7.05 Å². The molecule has 92 valence electrons. The van der Waals surface area contributed by atoms with E-state index in [4.69, 9.17) is 5.84 Å². The SMILES string of the molecule is C/C=C\C(C)C(NC(=O)CC)C(=O)N(C)N. The molecule has 0 saturated carbocycles. The minimum Gasteiger partial charge on any atom is -0.344 e. The number of rotatable bonds is 5. The van der Waals surface area contributed by atoms with Gasteiger partial charge in [0.15, 0.2) is 0 Å². The molecule has 0 aliphatic rings. The van der Waals surface area contributed by atoms with Crippen molar-refractivity contribution in [2.24, 2.45) is 11.8 Å². The third-order valence-corrected chi connectivity index (χ3v) is 2.27. The Bertz CT molecular complexity index is 274. The molecule has 0 radical (unpaired) electrons. The molecule has 5 nitrogen and oxygen atoms in total. The first-order valence-electron chi connectivity index (χ1n) is 5.38. The molecule has 0 heterocycles. The maximum atomic E-state index is 11.8. The highest BCUT2D eigenvalue weighted by molar-refractivity contribution is 5.87. The van der Waals surface area contributed by atoms with E-state index in [0.717, 1.165) is 5.01 Å². The van der Waals surface area contributed by atoms with Gasteiger partial charge in [0.2, 0.25) is 5.91 Å². The molecular weight excluding hydrogens is 206 g/mol. The quantitative estimate of drug-likeness (QED) is 0.309. The molecular formula is C11H21N3O2. The number of nitrogens with two attached hydrogens (primary N) is 1. The van der Waals surface area contributed by atoms with Crippen LogP contribution in [-0.2, 0) is 9.59 Å². The molecule has 0 rings (SSSR count). The van der Waals surface area contributed by atoms with Crippen LogP contribution in [0.25, 0.3) is 0 Å². The number of allylic oxidation sites excluding steroid dienone is 1. The highest BCUT2D eigenvalue weighted by Crippen LogP contribution is 2.07. The van der Waals surface area contributed by atoms with Crippen LogP contribution in [0.5, 0.6) is 0 Å². The van der Waals surface area contributed by atoms with Gasteiger partial charge in [-0.05, 0) is 6.92 Å². The topological polar surface area (TPSA) is 75.4 Å². The van der Waals surface area contributed by atoms with Crippen molar-refractivity contribution < 1.29 is 9.59 Å². The van der Waals surface area contributed by atoms with Gasteiger partial charge in [0, 0.05) is 19.4 Å². The summed E-state index contributed by atoms with van der Waals surface area (Å²) in [6, 6.07) is -0.598. The molecule has 0 aliphatic carbocycles. The van der Waals surface area contributed by atoms with E-state index in [0.29, 0.717) is 6.42 Å². The Morgan fingerprint density at radius 3 is 2.44 bits per heavy atom. The first-order chi connectivity index (χ1) is 7.43. The number of hydrogen-bond acceptors (Lipinski definition) is 3. The number of likely N-dealkylation sites (N-methyl/N-ethyl adjacent to an activating group) is 1. The van der Waals surface area contributed by atoms with Gasteiger partial charge in [0.25, 0.3) is 5.91 Å². The number of carbonyl (C=O) groups excluding carboxylic acids is 2. The Hall–Kier alpha value is -1.36. The van der Waals surface area contributed by atoms with Crippen molar-refractivity contribution >= 4 is 11.8 Å². The number of carbonyl (C=O) groups is 2. The summed E-state index contributed by atoms with van der Waals surface area (Å²) in [6.07, 6.45) is 4.06. The Morgan fingerprint density at radius 1 is 1.50 bits per heavy atom. The average molecular weight is 227 g/mol. The molecule has 2 unspecified atom stereocenters. The lowest BCUT2D eigenvalue weighted by Crippen LogP contribution is -2.52. The van der Waals surface area contributed by atoms with Gasteiger partial charge in [-0.2, -0.15) is 0 Å². The molecule has 0 aliphatic heterocycles. The van der Waals surface area contributed by atoms with Crippen LogP contribution in [0.15, 0.2) is 12.2 Å². The van der Waals surface area contributed by atoms with Gasteiger partial charge in [-0.1, -0.05) is 26.0 Å². The number of nitrogens with one attached hydrogen (secondary N) is 1. The first kappa shape index (κ1) is 14.6. The summed E-state index contributed by atoms with van der Waals surface area (Å²) >= 11 is 0. The van der Waals surface area contributed by atoms with E-state index in [-0.39, 0.29) is 17.7 Å². The van der Waals surface area contributed by atoms with Crippen molar-refractivity contribution in [1.29, 1.82) is 0 Å². The smallest absolute Gasteiger partial charge is 0.259 e. The number of nitrogens with zero attached hydrogens (tertiary/aromatic N) is 1. The lowest BCUT2D eigenvalue weighted by atomic mass is 10.00. The van der Waals surface area contributed by atoms with Gasteiger partial charge in [-0.15, -0.1) is 0 Å². The van der Waals surface area contributed by atoms with Crippen molar-refractivity contribution in [2.45, 2.75) is 33.2 Å². The van der Waals surface area contributed by atoms with E-state index in [9.17, 15) is 9.59 Å². The van der Waals surface area contributed by atoms with E-state index >= 15 is 0 Å². The zero-order valence-electron chi connectivity index (χ0n) is 10.4. The number of hydrazine groups is 1. The van der Waals surface area contributed by atoms with Crippen molar-refractivity contribution in [3.63, 3.8) is 0 Å². The fourth-order valence-electron chi connectivity index (χ4n) is 1.33. The molecule has 0 aromatic carbocycles. The van der Waals surface area contributed by atoms with Crippen LogP contribution in [0.3, 0.4) is 0 Å². The minimum absolute atomic E-state index is 0.0843. The molecule has 2 amide bonds. The summed E-state index contributed by atoms with van der Waals surface area (Å²) in [6.45, 7) is 5.47. The second-order valence-electron chi connectivity index (χ2n) is 3.73. The zero-order chi connectivity index (χ0) is 12.7. The molecule has 5 heteroatoms. The normalized spacial score (nSPS) is 14.6. The molecule has 0 fully saturated rings. The van der Waals surface area contributed by atoms with Crippen LogP contribution < -0.4 is 11.2 Å². The van der Waals surface area contributed by atoms with Crippen molar-refractivity contribution in [1.82, 2.24) is 10.3 Å². The van der Waals surface area contributed by atoms with Crippen LogP contribution in [0, 0.1) is 5.92 Å².